The van der Waals surface area contributed by atoms with E-state index in [2.05, 4.69) is 16.1 Å². The van der Waals surface area contributed by atoms with Crippen molar-refractivity contribution in [1.29, 1.82) is 0 Å². The molecule has 2 aromatic rings. The van der Waals surface area contributed by atoms with Gasteiger partial charge in [0, 0.05) is 50.2 Å². The Balaban J connectivity index is 1.62. The van der Waals surface area contributed by atoms with Crippen molar-refractivity contribution in [2.45, 2.75) is 13.5 Å². The molecular weight excluding hydrogens is 406 g/mol. The monoisotopic (exact) mass is 431 g/mol. The molecular formula is C22H26ClN3O4. The van der Waals surface area contributed by atoms with Gasteiger partial charge in [-0.05, 0) is 23.8 Å². The Kier molecular flexibility index (Phi) is 7.54. The van der Waals surface area contributed by atoms with E-state index in [0.29, 0.717) is 11.5 Å². The Labute approximate surface area is 181 Å². The summed E-state index contributed by atoms with van der Waals surface area (Å²) in [7, 11) is 3.03. The van der Waals surface area contributed by atoms with Crippen molar-refractivity contribution in [3.8, 4) is 17.2 Å². The number of hydrazone groups is 1. The number of ether oxygens (including phenoxy) is 3. The molecule has 0 aliphatic carbocycles. The van der Waals surface area contributed by atoms with Crippen molar-refractivity contribution in [2.75, 3.05) is 40.4 Å². The van der Waals surface area contributed by atoms with Gasteiger partial charge in [-0.3, -0.25) is 14.7 Å². The fourth-order valence-corrected chi connectivity index (χ4v) is 3.44. The molecule has 3 rings (SSSR count). The Morgan fingerprint density at radius 2 is 1.73 bits per heavy atom. The van der Waals surface area contributed by atoms with Crippen LogP contribution in [-0.2, 0) is 11.3 Å². The van der Waals surface area contributed by atoms with E-state index in [1.54, 1.807) is 18.3 Å². The van der Waals surface area contributed by atoms with Gasteiger partial charge in [0.15, 0.2) is 11.5 Å². The van der Waals surface area contributed by atoms with Crippen LogP contribution in [0.1, 0.15) is 18.1 Å². The molecule has 1 heterocycles. The molecule has 0 bridgehead atoms. The summed E-state index contributed by atoms with van der Waals surface area (Å²) >= 11 is 6.27. The summed E-state index contributed by atoms with van der Waals surface area (Å²) in [5.74, 6) is 0.645. The predicted octanol–water partition coefficient (Wildman–Crippen LogP) is 3.43. The SMILES string of the molecule is COc1cc(/C=N\N2CCN(Cc3ccccc3Cl)CC2)cc(OC)c1OC(C)=O. The number of methoxy groups -OCH3 is 2. The Hall–Kier alpha value is -2.77. The number of benzene rings is 2. The maximum absolute atomic E-state index is 11.3. The third-order valence-corrected chi connectivity index (χ3v) is 5.17. The van der Waals surface area contributed by atoms with Gasteiger partial charge in [-0.15, -0.1) is 0 Å². The zero-order chi connectivity index (χ0) is 21.5. The lowest BCUT2D eigenvalue weighted by atomic mass is 10.2. The first kappa shape index (κ1) is 21.9. The van der Waals surface area contributed by atoms with Crippen LogP contribution in [0.4, 0.5) is 0 Å². The zero-order valence-electron chi connectivity index (χ0n) is 17.4. The van der Waals surface area contributed by atoms with Gasteiger partial charge in [-0.25, -0.2) is 0 Å². The number of esters is 1. The van der Waals surface area contributed by atoms with Crippen molar-refractivity contribution < 1.29 is 19.0 Å². The quantitative estimate of drug-likeness (QED) is 0.380. The largest absolute Gasteiger partial charge is 0.493 e. The topological polar surface area (TPSA) is 63.6 Å². The highest BCUT2D eigenvalue weighted by molar-refractivity contribution is 6.31. The lowest BCUT2D eigenvalue weighted by molar-refractivity contribution is -0.132. The van der Waals surface area contributed by atoms with Crippen LogP contribution in [-0.4, -0.2) is 62.5 Å². The molecule has 0 radical (unpaired) electrons. The highest BCUT2D eigenvalue weighted by Gasteiger charge is 2.18. The van der Waals surface area contributed by atoms with Crippen LogP contribution in [0.25, 0.3) is 0 Å². The minimum atomic E-state index is -0.442. The normalized spacial score (nSPS) is 14.7. The number of piperazine rings is 1. The molecule has 0 spiro atoms. The molecule has 1 aliphatic rings. The second-order valence-electron chi connectivity index (χ2n) is 6.91. The number of nitrogens with zero attached hydrogens (tertiary/aromatic N) is 3. The molecule has 0 amide bonds. The van der Waals surface area contributed by atoms with Gasteiger partial charge < -0.3 is 14.2 Å². The number of carbonyl (C=O) groups excluding carboxylic acids is 1. The summed E-state index contributed by atoms with van der Waals surface area (Å²) < 4.78 is 15.9. The van der Waals surface area contributed by atoms with Crippen LogP contribution in [0.3, 0.4) is 0 Å². The van der Waals surface area contributed by atoms with Gasteiger partial charge in [-0.2, -0.15) is 5.10 Å². The number of rotatable bonds is 7. The molecule has 7 nitrogen and oxygen atoms in total. The molecule has 1 saturated heterocycles. The van der Waals surface area contributed by atoms with Gasteiger partial charge in [0.25, 0.3) is 0 Å². The molecule has 0 aromatic heterocycles. The van der Waals surface area contributed by atoms with Crippen LogP contribution in [0.2, 0.25) is 5.02 Å². The van der Waals surface area contributed by atoms with E-state index in [1.807, 2.05) is 23.2 Å². The van der Waals surface area contributed by atoms with Crippen LogP contribution in [0, 0.1) is 0 Å². The fraction of sp³-hybridized carbons (Fsp3) is 0.364. The van der Waals surface area contributed by atoms with Crippen molar-refractivity contribution in [2.24, 2.45) is 5.10 Å². The molecule has 2 aromatic carbocycles. The minimum absolute atomic E-state index is 0.262. The van der Waals surface area contributed by atoms with Gasteiger partial charge >= 0.3 is 5.97 Å². The Bertz CT molecular complexity index is 886. The highest BCUT2D eigenvalue weighted by atomic mass is 35.5. The summed E-state index contributed by atoms with van der Waals surface area (Å²) in [5.41, 5.74) is 1.93. The predicted molar refractivity (Wildman–Crippen MR) is 117 cm³/mol. The average molecular weight is 432 g/mol. The molecule has 0 saturated carbocycles. The zero-order valence-corrected chi connectivity index (χ0v) is 18.2. The summed E-state index contributed by atoms with van der Waals surface area (Å²) in [6, 6.07) is 11.5. The average Bonchev–Trinajstić information content (AvgIpc) is 2.75. The number of hydrogen-bond donors (Lipinski definition) is 0. The van der Waals surface area contributed by atoms with E-state index < -0.39 is 5.97 Å². The van der Waals surface area contributed by atoms with E-state index in [9.17, 15) is 4.79 Å². The van der Waals surface area contributed by atoms with Gasteiger partial charge in [-0.1, -0.05) is 29.8 Å². The van der Waals surface area contributed by atoms with Crippen LogP contribution < -0.4 is 14.2 Å². The highest BCUT2D eigenvalue weighted by Crippen LogP contribution is 2.38. The van der Waals surface area contributed by atoms with Crippen molar-refractivity contribution in [3.63, 3.8) is 0 Å². The van der Waals surface area contributed by atoms with E-state index in [4.69, 9.17) is 25.8 Å². The van der Waals surface area contributed by atoms with E-state index in [-0.39, 0.29) is 5.75 Å². The number of carbonyl (C=O) groups is 1. The van der Waals surface area contributed by atoms with Crippen LogP contribution in [0.5, 0.6) is 17.2 Å². The fourth-order valence-electron chi connectivity index (χ4n) is 3.25. The summed E-state index contributed by atoms with van der Waals surface area (Å²) in [4.78, 5) is 13.7. The maximum Gasteiger partial charge on any atom is 0.308 e. The van der Waals surface area contributed by atoms with E-state index in [1.165, 1.54) is 21.1 Å². The van der Waals surface area contributed by atoms with E-state index >= 15 is 0 Å². The van der Waals surface area contributed by atoms with Crippen LogP contribution in [0.15, 0.2) is 41.5 Å². The standard InChI is InChI=1S/C22H26ClN3O4/c1-16(27)30-22-20(28-2)12-17(13-21(22)29-3)14-24-26-10-8-25(9-11-26)15-18-6-4-5-7-19(18)23/h4-7,12-14H,8-11,15H2,1-3H3/b24-14-. The summed E-state index contributed by atoms with van der Waals surface area (Å²) in [6.45, 7) is 5.62. The van der Waals surface area contributed by atoms with Crippen molar-refractivity contribution in [3.05, 3.63) is 52.5 Å². The molecule has 0 unspecified atom stereocenters. The number of halogens is 1. The van der Waals surface area contributed by atoms with Gasteiger partial charge in [0.05, 0.1) is 20.4 Å². The van der Waals surface area contributed by atoms with Gasteiger partial charge in [0.1, 0.15) is 0 Å². The third-order valence-electron chi connectivity index (χ3n) is 4.80. The van der Waals surface area contributed by atoms with Crippen molar-refractivity contribution >= 4 is 23.8 Å². The molecule has 0 N–H and O–H groups in total. The third kappa shape index (κ3) is 5.64. The lowest BCUT2D eigenvalue weighted by Crippen LogP contribution is -2.43. The maximum atomic E-state index is 11.3. The second-order valence-corrected chi connectivity index (χ2v) is 7.32. The lowest BCUT2D eigenvalue weighted by Gasteiger charge is -2.33. The van der Waals surface area contributed by atoms with Gasteiger partial charge in [0.2, 0.25) is 5.75 Å². The van der Waals surface area contributed by atoms with E-state index in [0.717, 1.165) is 48.9 Å². The van der Waals surface area contributed by atoms with Crippen molar-refractivity contribution in [1.82, 2.24) is 9.91 Å². The second kappa shape index (κ2) is 10.3. The first-order chi connectivity index (χ1) is 14.5. The molecule has 30 heavy (non-hydrogen) atoms. The molecule has 8 heteroatoms. The molecule has 0 atom stereocenters. The minimum Gasteiger partial charge on any atom is -0.493 e. The Morgan fingerprint density at radius 3 is 2.30 bits per heavy atom. The first-order valence-electron chi connectivity index (χ1n) is 9.69. The van der Waals surface area contributed by atoms with Crippen LogP contribution >= 0.6 is 11.6 Å². The first-order valence-corrected chi connectivity index (χ1v) is 10.1. The molecule has 1 aliphatic heterocycles. The molecule has 1 fully saturated rings. The number of hydrogen-bond acceptors (Lipinski definition) is 7. The smallest absolute Gasteiger partial charge is 0.308 e. The molecule has 160 valence electrons. The summed E-state index contributed by atoms with van der Waals surface area (Å²) in [6.07, 6.45) is 1.76. The summed E-state index contributed by atoms with van der Waals surface area (Å²) in [5, 5.41) is 7.42. The Morgan fingerprint density at radius 1 is 1.10 bits per heavy atom.